The van der Waals surface area contributed by atoms with Crippen LogP contribution in [0.1, 0.15) is 41.5 Å². The maximum Gasteiger partial charge on any atom is 0.143 e. The molecule has 0 saturated carbocycles. The van der Waals surface area contributed by atoms with E-state index in [0.717, 1.165) is 39.5 Å². The normalized spacial score (nSPS) is 12.7. The Kier molecular flexibility index (Phi) is 8.64. The van der Waals surface area contributed by atoms with E-state index >= 15 is 0 Å². The molecule has 3 aromatic carbocycles. The van der Waals surface area contributed by atoms with Crippen LogP contribution in [0.2, 0.25) is 0 Å². The first-order valence-corrected chi connectivity index (χ1v) is 11.4. The molecule has 0 radical (unpaired) electrons. The number of rotatable bonds is 9. The van der Waals surface area contributed by atoms with Gasteiger partial charge in [-0.2, -0.15) is 10.2 Å². The first-order chi connectivity index (χ1) is 16.9. The van der Waals surface area contributed by atoms with Gasteiger partial charge in [0, 0.05) is 12.1 Å². The van der Waals surface area contributed by atoms with Gasteiger partial charge < -0.3 is 16.0 Å². The molecule has 0 saturated heterocycles. The minimum absolute atomic E-state index is 0.181. The van der Waals surface area contributed by atoms with Gasteiger partial charge in [-0.3, -0.25) is 0 Å². The van der Waals surface area contributed by atoms with E-state index in [9.17, 15) is 0 Å². The predicted octanol–water partition coefficient (Wildman–Crippen LogP) is 5.07. The highest BCUT2D eigenvalue weighted by Crippen LogP contribution is 2.29. The SMILES string of the molecule is C=C(c1ccc(C)cc1)N(/N=C(\C)CC(/C(=N/N)NN)c1cccc(C)c1)c1ccc(OC)cc1. The van der Waals surface area contributed by atoms with E-state index in [1.807, 2.05) is 73.5 Å². The molecule has 7 nitrogen and oxygen atoms in total. The Balaban J connectivity index is 2.00. The van der Waals surface area contributed by atoms with Gasteiger partial charge in [0.1, 0.15) is 11.6 Å². The molecular weight excluding hydrogens is 436 g/mol. The lowest BCUT2D eigenvalue weighted by molar-refractivity contribution is 0.415. The molecule has 0 spiro atoms. The third-order valence-electron chi connectivity index (χ3n) is 5.79. The summed E-state index contributed by atoms with van der Waals surface area (Å²) < 4.78 is 5.33. The lowest BCUT2D eigenvalue weighted by Crippen LogP contribution is -2.37. The maximum absolute atomic E-state index is 5.75. The van der Waals surface area contributed by atoms with Crippen molar-refractivity contribution in [3.05, 3.63) is 102 Å². The summed E-state index contributed by atoms with van der Waals surface area (Å²) in [6, 6.07) is 24.2. The molecule has 0 aromatic heterocycles. The third-order valence-corrected chi connectivity index (χ3v) is 5.79. The summed E-state index contributed by atoms with van der Waals surface area (Å²) >= 11 is 0. The lowest BCUT2D eigenvalue weighted by Gasteiger charge is -2.25. The topological polar surface area (TPSA) is 101 Å². The van der Waals surface area contributed by atoms with Gasteiger partial charge in [0.05, 0.1) is 24.4 Å². The van der Waals surface area contributed by atoms with Crippen molar-refractivity contribution in [1.29, 1.82) is 0 Å². The number of hydrogen-bond donors (Lipinski definition) is 3. The molecule has 0 aliphatic heterocycles. The minimum atomic E-state index is -0.181. The second-order valence-electron chi connectivity index (χ2n) is 8.49. The number of ether oxygens (including phenoxy) is 1. The first kappa shape index (κ1) is 25.5. The summed E-state index contributed by atoms with van der Waals surface area (Å²) in [6.07, 6.45) is 0.553. The molecule has 3 aromatic rings. The predicted molar refractivity (Wildman–Crippen MR) is 146 cm³/mol. The monoisotopic (exact) mass is 470 g/mol. The number of nitrogens with two attached hydrogens (primary N) is 2. The zero-order chi connectivity index (χ0) is 25.4. The minimum Gasteiger partial charge on any atom is -0.497 e. The van der Waals surface area contributed by atoms with Crippen LogP contribution in [0.4, 0.5) is 5.69 Å². The Bertz CT molecular complexity index is 1200. The van der Waals surface area contributed by atoms with E-state index in [2.05, 4.69) is 42.2 Å². The van der Waals surface area contributed by atoms with E-state index in [1.54, 1.807) is 7.11 Å². The van der Waals surface area contributed by atoms with Crippen molar-refractivity contribution >= 4 is 22.9 Å². The van der Waals surface area contributed by atoms with Gasteiger partial charge in [-0.25, -0.2) is 10.9 Å². The van der Waals surface area contributed by atoms with Crippen LogP contribution in [0.5, 0.6) is 5.75 Å². The van der Waals surface area contributed by atoms with Gasteiger partial charge in [-0.1, -0.05) is 66.2 Å². The van der Waals surface area contributed by atoms with Crippen LogP contribution in [0.25, 0.3) is 5.70 Å². The number of hydrazine groups is 1. The van der Waals surface area contributed by atoms with Crippen molar-refractivity contribution in [2.45, 2.75) is 33.1 Å². The summed E-state index contributed by atoms with van der Waals surface area (Å²) in [5, 5.41) is 10.7. The summed E-state index contributed by atoms with van der Waals surface area (Å²) in [5.74, 6) is 12.5. The van der Waals surface area contributed by atoms with Gasteiger partial charge in [-0.05, 0) is 56.2 Å². The molecule has 35 heavy (non-hydrogen) atoms. The van der Waals surface area contributed by atoms with Crippen LogP contribution in [-0.2, 0) is 0 Å². The number of hydrogen-bond acceptors (Lipinski definition) is 6. The van der Waals surface area contributed by atoms with E-state index in [1.165, 1.54) is 5.56 Å². The Labute approximate surface area is 207 Å². The van der Waals surface area contributed by atoms with Crippen LogP contribution in [-0.4, -0.2) is 18.7 Å². The number of nitrogens with one attached hydrogen (secondary N) is 1. The molecule has 0 heterocycles. The van der Waals surface area contributed by atoms with Crippen LogP contribution in [0.3, 0.4) is 0 Å². The third kappa shape index (κ3) is 6.49. The smallest absolute Gasteiger partial charge is 0.143 e. The zero-order valence-corrected chi connectivity index (χ0v) is 20.8. The summed E-state index contributed by atoms with van der Waals surface area (Å²) in [6.45, 7) is 10.4. The van der Waals surface area contributed by atoms with Gasteiger partial charge in [-0.15, -0.1) is 0 Å². The van der Waals surface area contributed by atoms with Gasteiger partial charge in [0.15, 0.2) is 0 Å². The van der Waals surface area contributed by atoms with Gasteiger partial charge in [0.2, 0.25) is 0 Å². The standard InChI is InChI=1S/C28H34N6O/c1-19-9-11-23(12-10-19)22(4)34(25-13-15-26(35-5)16-14-25)33-21(3)18-27(28(31-29)32-30)24-8-6-7-20(2)17-24/h6-17,27H,4,18,29-30H2,1-3,5H3,(H,31,32)/b33-21+. The molecule has 0 fully saturated rings. The van der Waals surface area contributed by atoms with Crippen molar-refractivity contribution in [2.24, 2.45) is 21.9 Å². The number of nitrogens with zero attached hydrogens (tertiary/aromatic N) is 3. The Morgan fingerprint density at radius 2 is 1.71 bits per heavy atom. The fourth-order valence-corrected chi connectivity index (χ4v) is 3.86. The van der Waals surface area contributed by atoms with Gasteiger partial charge in [0.25, 0.3) is 0 Å². The molecule has 0 amide bonds. The number of aryl methyl sites for hydroxylation is 2. The molecule has 182 valence electrons. The van der Waals surface area contributed by atoms with E-state index in [-0.39, 0.29) is 5.92 Å². The molecular formula is C28H34N6O. The molecule has 0 bridgehead atoms. The van der Waals surface area contributed by atoms with E-state index in [4.69, 9.17) is 21.5 Å². The largest absolute Gasteiger partial charge is 0.497 e. The second-order valence-corrected chi connectivity index (χ2v) is 8.49. The van der Waals surface area contributed by atoms with E-state index < -0.39 is 0 Å². The summed E-state index contributed by atoms with van der Waals surface area (Å²) in [4.78, 5) is 0. The van der Waals surface area contributed by atoms with Crippen molar-refractivity contribution in [3.8, 4) is 5.75 Å². The van der Waals surface area contributed by atoms with Crippen molar-refractivity contribution in [1.82, 2.24) is 5.43 Å². The number of benzene rings is 3. The maximum atomic E-state index is 5.75. The van der Waals surface area contributed by atoms with Crippen molar-refractivity contribution in [2.75, 3.05) is 12.1 Å². The number of hydrazone groups is 2. The van der Waals surface area contributed by atoms with Crippen molar-refractivity contribution in [3.63, 3.8) is 0 Å². The average molecular weight is 471 g/mol. The molecule has 1 unspecified atom stereocenters. The fraction of sp³-hybridized carbons (Fsp3) is 0.214. The molecule has 5 N–H and O–H groups in total. The zero-order valence-electron chi connectivity index (χ0n) is 20.8. The fourth-order valence-electron chi connectivity index (χ4n) is 3.86. The second kappa shape index (κ2) is 11.9. The van der Waals surface area contributed by atoms with Crippen LogP contribution >= 0.6 is 0 Å². The van der Waals surface area contributed by atoms with Crippen LogP contribution < -0.4 is 26.9 Å². The number of methoxy groups -OCH3 is 1. The highest BCUT2D eigenvalue weighted by atomic mass is 16.5. The molecule has 0 aliphatic carbocycles. The van der Waals surface area contributed by atoms with Crippen LogP contribution in [0, 0.1) is 13.8 Å². The molecule has 3 rings (SSSR count). The molecule has 1 atom stereocenters. The Morgan fingerprint density at radius 1 is 1.03 bits per heavy atom. The lowest BCUT2D eigenvalue weighted by atomic mass is 9.91. The summed E-state index contributed by atoms with van der Waals surface area (Å²) in [7, 11) is 1.65. The van der Waals surface area contributed by atoms with Crippen LogP contribution in [0.15, 0.2) is 89.6 Å². The molecule has 0 aliphatic rings. The average Bonchev–Trinajstić information content (AvgIpc) is 2.87. The summed E-state index contributed by atoms with van der Waals surface area (Å²) in [5.41, 5.74) is 9.49. The molecule has 7 heteroatoms. The Morgan fingerprint density at radius 3 is 2.29 bits per heavy atom. The quantitative estimate of drug-likeness (QED) is 0.175. The van der Waals surface area contributed by atoms with Crippen molar-refractivity contribution < 1.29 is 4.74 Å². The number of amidine groups is 1. The Hall–Kier alpha value is -4.10. The van der Waals surface area contributed by atoms with Gasteiger partial charge >= 0.3 is 0 Å². The first-order valence-electron chi connectivity index (χ1n) is 11.4. The highest BCUT2D eigenvalue weighted by molar-refractivity contribution is 5.95. The number of anilines is 1. The highest BCUT2D eigenvalue weighted by Gasteiger charge is 2.21. The van der Waals surface area contributed by atoms with E-state index in [0.29, 0.717) is 12.3 Å².